The molecule has 0 aliphatic heterocycles. The van der Waals surface area contributed by atoms with Crippen LogP contribution in [0.15, 0.2) is 67.0 Å². The molecule has 3 heteroatoms. The van der Waals surface area contributed by atoms with Crippen molar-refractivity contribution < 1.29 is 4.79 Å². The van der Waals surface area contributed by atoms with Gasteiger partial charge in [0.2, 0.25) is 5.78 Å². The Balaban J connectivity index is 1.97. The predicted molar refractivity (Wildman–Crippen MR) is 88.1 cm³/mol. The number of hydrogen-bond acceptors (Lipinski definition) is 2. The van der Waals surface area contributed by atoms with E-state index in [4.69, 9.17) is 0 Å². The lowest BCUT2D eigenvalue weighted by Gasteiger charge is -2.04. The van der Waals surface area contributed by atoms with Crippen LogP contribution in [0.2, 0.25) is 0 Å². The van der Waals surface area contributed by atoms with Crippen LogP contribution >= 0.6 is 0 Å². The van der Waals surface area contributed by atoms with Gasteiger partial charge >= 0.3 is 0 Å². The van der Waals surface area contributed by atoms with Crippen molar-refractivity contribution >= 4 is 27.5 Å². The zero-order chi connectivity index (χ0) is 15.1. The number of benzene rings is 2. The molecule has 0 fully saturated rings. The summed E-state index contributed by atoms with van der Waals surface area (Å²) in [5, 5.41) is 2.88. The highest BCUT2D eigenvalue weighted by molar-refractivity contribution is 6.20. The van der Waals surface area contributed by atoms with Gasteiger partial charge in [-0.25, -0.2) is 0 Å². The summed E-state index contributed by atoms with van der Waals surface area (Å²) in [4.78, 5) is 17.4. The summed E-state index contributed by atoms with van der Waals surface area (Å²) in [6.45, 7) is 0. The number of fused-ring (bicyclic) bond motifs is 2. The Morgan fingerprint density at radius 1 is 0.955 bits per heavy atom. The average molecular weight is 286 g/mol. The maximum Gasteiger partial charge on any atom is 0.214 e. The minimum Gasteiger partial charge on any atom is -0.350 e. The number of rotatable bonds is 2. The molecule has 2 heterocycles. The first kappa shape index (κ1) is 12.8. The highest BCUT2D eigenvalue weighted by Gasteiger charge is 2.18. The van der Waals surface area contributed by atoms with Crippen LogP contribution < -0.4 is 0 Å². The number of aromatic nitrogens is 2. The van der Waals surface area contributed by atoms with Crippen molar-refractivity contribution in [2.45, 2.75) is 0 Å². The van der Waals surface area contributed by atoms with Crippen molar-refractivity contribution in [1.82, 2.24) is 9.55 Å². The molecule has 0 amide bonds. The van der Waals surface area contributed by atoms with E-state index in [1.165, 1.54) is 0 Å². The molecule has 0 aliphatic rings. The monoisotopic (exact) mass is 286 g/mol. The lowest BCUT2D eigenvalue weighted by atomic mass is 10.0. The third-order valence-electron chi connectivity index (χ3n) is 4.03. The van der Waals surface area contributed by atoms with Gasteiger partial charge in [0.15, 0.2) is 0 Å². The molecule has 4 rings (SSSR count). The van der Waals surface area contributed by atoms with E-state index in [1.807, 2.05) is 72.4 Å². The van der Waals surface area contributed by atoms with Crippen LogP contribution in [0.5, 0.6) is 0 Å². The zero-order valence-electron chi connectivity index (χ0n) is 12.2. The van der Waals surface area contributed by atoms with Crippen LogP contribution in [0.3, 0.4) is 0 Å². The molecule has 0 bridgehead atoms. The molecule has 22 heavy (non-hydrogen) atoms. The van der Waals surface area contributed by atoms with Crippen LogP contribution in [-0.2, 0) is 7.05 Å². The number of pyridine rings is 1. The molecular weight excluding hydrogens is 272 g/mol. The van der Waals surface area contributed by atoms with Crippen LogP contribution in [0, 0.1) is 0 Å². The van der Waals surface area contributed by atoms with E-state index >= 15 is 0 Å². The maximum absolute atomic E-state index is 13.0. The van der Waals surface area contributed by atoms with E-state index in [9.17, 15) is 4.79 Å². The number of aryl methyl sites for hydroxylation is 1. The molecule has 3 nitrogen and oxygen atoms in total. The Hall–Kier alpha value is -2.94. The summed E-state index contributed by atoms with van der Waals surface area (Å²) in [6.07, 6.45) is 3.58. The van der Waals surface area contributed by atoms with Crippen molar-refractivity contribution in [2.75, 3.05) is 0 Å². The summed E-state index contributed by atoms with van der Waals surface area (Å²) in [6, 6.07) is 17.7. The van der Waals surface area contributed by atoms with Gasteiger partial charge in [-0.15, -0.1) is 0 Å². The van der Waals surface area contributed by atoms with E-state index in [-0.39, 0.29) is 5.78 Å². The van der Waals surface area contributed by atoms with Crippen LogP contribution in [0.4, 0.5) is 0 Å². The second-order valence-electron chi connectivity index (χ2n) is 5.38. The normalized spacial score (nSPS) is 11.1. The third-order valence-corrected chi connectivity index (χ3v) is 4.03. The van der Waals surface area contributed by atoms with Crippen molar-refractivity contribution in [2.24, 2.45) is 7.05 Å². The summed E-state index contributed by atoms with van der Waals surface area (Å²) in [5.41, 5.74) is 2.25. The fourth-order valence-corrected chi connectivity index (χ4v) is 2.95. The summed E-state index contributed by atoms with van der Waals surface area (Å²) in [7, 11) is 1.95. The summed E-state index contributed by atoms with van der Waals surface area (Å²) < 4.78 is 1.98. The highest BCUT2D eigenvalue weighted by Crippen LogP contribution is 2.25. The largest absolute Gasteiger partial charge is 0.350 e. The van der Waals surface area contributed by atoms with Gasteiger partial charge in [-0.05, 0) is 17.5 Å². The van der Waals surface area contributed by atoms with Gasteiger partial charge in [0, 0.05) is 41.3 Å². The van der Waals surface area contributed by atoms with Gasteiger partial charge in [0.1, 0.15) is 5.69 Å². The number of nitrogens with zero attached hydrogens (tertiary/aromatic N) is 2. The van der Waals surface area contributed by atoms with Gasteiger partial charge in [-0.1, -0.05) is 42.5 Å². The molecule has 0 N–H and O–H groups in total. The third kappa shape index (κ3) is 1.83. The second kappa shape index (κ2) is 4.81. The zero-order valence-corrected chi connectivity index (χ0v) is 12.2. The van der Waals surface area contributed by atoms with Gasteiger partial charge in [0.05, 0.1) is 0 Å². The van der Waals surface area contributed by atoms with E-state index in [0.29, 0.717) is 11.3 Å². The Morgan fingerprint density at radius 3 is 2.55 bits per heavy atom. The maximum atomic E-state index is 13.0. The minimum absolute atomic E-state index is 0.0337. The van der Waals surface area contributed by atoms with Gasteiger partial charge in [0.25, 0.3) is 0 Å². The first-order chi connectivity index (χ1) is 10.8. The fraction of sp³-hybridized carbons (Fsp3) is 0.0526. The molecule has 0 saturated heterocycles. The number of carbonyl (C=O) groups is 1. The highest BCUT2D eigenvalue weighted by atomic mass is 16.1. The van der Waals surface area contributed by atoms with Gasteiger partial charge in [-0.2, -0.15) is 0 Å². The quantitative estimate of drug-likeness (QED) is 0.523. The standard InChI is InChI=1S/C19H14N2O/c1-21-12-16(15-8-4-5-9-17(15)21)19(22)18-14-7-3-2-6-13(14)10-11-20-18/h2-12H,1H3. The van der Waals surface area contributed by atoms with E-state index in [0.717, 1.165) is 21.7 Å². The van der Waals surface area contributed by atoms with Crippen molar-refractivity contribution in [3.8, 4) is 0 Å². The van der Waals surface area contributed by atoms with Gasteiger partial charge < -0.3 is 4.57 Å². The molecule has 106 valence electrons. The minimum atomic E-state index is -0.0337. The Bertz CT molecular complexity index is 1010. The first-order valence-electron chi connectivity index (χ1n) is 7.18. The number of ketones is 1. The summed E-state index contributed by atoms with van der Waals surface area (Å²) in [5.74, 6) is -0.0337. The lowest BCUT2D eigenvalue weighted by Crippen LogP contribution is -2.04. The molecule has 4 aromatic rings. The molecule has 0 atom stereocenters. The van der Waals surface area contributed by atoms with Crippen LogP contribution in [-0.4, -0.2) is 15.3 Å². The molecule has 0 radical (unpaired) electrons. The van der Waals surface area contributed by atoms with Crippen LogP contribution in [0.1, 0.15) is 16.1 Å². The van der Waals surface area contributed by atoms with Crippen molar-refractivity contribution in [1.29, 1.82) is 0 Å². The van der Waals surface area contributed by atoms with Crippen molar-refractivity contribution in [3.63, 3.8) is 0 Å². The average Bonchev–Trinajstić information content (AvgIpc) is 2.91. The first-order valence-corrected chi connectivity index (χ1v) is 7.18. The van der Waals surface area contributed by atoms with E-state index in [1.54, 1.807) is 6.20 Å². The summed E-state index contributed by atoms with van der Waals surface area (Å²) >= 11 is 0. The molecule has 2 aromatic heterocycles. The Kier molecular flexibility index (Phi) is 2.79. The second-order valence-corrected chi connectivity index (χ2v) is 5.38. The molecule has 0 unspecified atom stereocenters. The van der Waals surface area contributed by atoms with Crippen molar-refractivity contribution in [3.05, 3.63) is 78.2 Å². The van der Waals surface area contributed by atoms with E-state index in [2.05, 4.69) is 4.98 Å². The Labute approximate surface area is 127 Å². The topological polar surface area (TPSA) is 34.9 Å². The lowest BCUT2D eigenvalue weighted by molar-refractivity contribution is 0.103. The molecule has 2 aromatic carbocycles. The van der Waals surface area contributed by atoms with E-state index < -0.39 is 0 Å². The SMILES string of the molecule is Cn1cc(C(=O)c2nccc3ccccc23)c2ccccc21. The molecule has 0 spiro atoms. The smallest absolute Gasteiger partial charge is 0.214 e. The number of para-hydroxylation sites is 1. The number of hydrogen-bond donors (Lipinski definition) is 0. The molecular formula is C19H14N2O. The van der Waals surface area contributed by atoms with Crippen LogP contribution in [0.25, 0.3) is 21.7 Å². The Morgan fingerprint density at radius 2 is 1.68 bits per heavy atom. The molecule has 0 aliphatic carbocycles. The van der Waals surface area contributed by atoms with Gasteiger partial charge in [-0.3, -0.25) is 9.78 Å². The predicted octanol–water partition coefficient (Wildman–Crippen LogP) is 3.96. The number of carbonyl (C=O) groups excluding carboxylic acids is 1. The fourth-order valence-electron chi connectivity index (χ4n) is 2.95. The molecule has 0 saturated carbocycles.